The quantitative estimate of drug-likeness (QED) is 0.838. The second-order valence-electron chi connectivity index (χ2n) is 5.51. The molecule has 1 aromatic rings. The lowest BCUT2D eigenvalue weighted by atomic mass is 10.2. The van der Waals surface area contributed by atoms with Gasteiger partial charge in [-0.15, -0.1) is 0 Å². The van der Waals surface area contributed by atoms with Crippen molar-refractivity contribution in [3.63, 3.8) is 0 Å². The van der Waals surface area contributed by atoms with Gasteiger partial charge in [0.2, 0.25) is 5.88 Å². The molecule has 0 fully saturated rings. The van der Waals surface area contributed by atoms with Gasteiger partial charge >= 0.3 is 0 Å². The molecule has 108 valence electrons. The number of nitrogens with two attached hydrogens (primary N) is 1. The second-order valence-corrected chi connectivity index (χ2v) is 6.42. The lowest BCUT2D eigenvalue weighted by Gasteiger charge is -2.22. The Balaban J connectivity index is 2.83. The Morgan fingerprint density at radius 2 is 2.11 bits per heavy atom. The van der Waals surface area contributed by atoms with Gasteiger partial charge in [-0.2, -0.15) is 16.7 Å². The monoisotopic (exact) mass is 283 g/mol. The fourth-order valence-electron chi connectivity index (χ4n) is 1.58. The largest absolute Gasteiger partial charge is 0.470 e. The molecule has 0 aliphatic heterocycles. The number of nitrogens with one attached hydrogen (secondary N) is 1. The van der Waals surface area contributed by atoms with Crippen LogP contribution in [0, 0.1) is 0 Å². The van der Waals surface area contributed by atoms with E-state index < -0.39 is 0 Å². The molecule has 0 aliphatic rings. The summed E-state index contributed by atoms with van der Waals surface area (Å²) in [5.74, 6) is 2.36. The third-order valence-corrected chi connectivity index (χ3v) is 3.24. The van der Waals surface area contributed by atoms with Crippen LogP contribution in [0.4, 0.5) is 11.5 Å². The van der Waals surface area contributed by atoms with Crippen molar-refractivity contribution in [1.29, 1.82) is 0 Å². The topological polar surface area (TPSA) is 60.2 Å². The minimum atomic E-state index is -0.302. The lowest BCUT2D eigenvalue weighted by Crippen LogP contribution is -2.25. The van der Waals surface area contributed by atoms with E-state index >= 15 is 0 Å². The first kappa shape index (κ1) is 16.0. The zero-order valence-corrected chi connectivity index (χ0v) is 13.3. The third kappa shape index (κ3) is 5.59. The normalized spacial score (nSPS) is 13.1. The van der Waals surface area contributed by atoms with Crippen LogP contribution in [0.5, 0.6) is 5.88 Å². The summed E-state index contributed by atoms with van der Waals surface area (Å²) in [7, 11) is 0. The molecule has 0 bridgehead atoms. The highest BCUT2D eigenvalue weighted by molar-refractivity contribution is 7.98. The first-order valence-electron chi connectivity index (χ1n) is 6.56. The minimum absolute atomic E-state index is 0.302. The van der Waals surface area contributed by atoms with Gasteiger partial charge in [-0.05, 0) is 45.6 Å². The molecule has 3 N–H and O–H groups in total. The van der Waals surface area contributed by atoms with Crippen molar-refractivity contribution < 1.29 is 4.74 Å². The molecular weight excluding hydrogens is 258 g/mol. The molecule has 1 aromatic heterocycles. The van der Waals surface area contributed by atoms with Gasteiger partial charge in [-0.25, -0.2) is 0 Å². The van der Waals surface area contributed by atoms with Gasteiger partial charge < -0.3 is 15.8 Å². The zero-order valence-electron chi connectivity index (χ0n) is 12.5. The molecular formula is C14H25N3OS. The van der Waals surface area contributed by atoms with E-state index in [1.807, 2.05) is 44.7 Å². The number of pyridine rings is 1. The highest BCUT2D eigenvalue weighted by atomic mass is 32.2. The van der Waals surface area contributed by atoms with Crippen LogP contribution in [-0.2, 0) is 0 Å². The molecule has 0 saturated heterocycles. The number of aromatic nitrogens is 1. The van der Waals surface area contributed by atoms with Gasteiger partial charge in [0.05, 0.1) is 5.69 Å². The van der Waals surface area contributed by atoms with Crippen LogP contribution in [-0.4, -0.2) is 28.6 Å². The van der Waals surface area contributed by atoms with Crippen LogP contribution >= 0.6 is 11.8 Å². The van der Waals surface area contributed by atoms with Crippen molar-refractivity contribution in [3.05, 3.63) is 12.1 Å². The molecule has 1 rings (SSSR count). The number of hydrogen-bond donors (Lipinski definition) is 2. The molecule has 5 heteroatoms. The highest BCUT2D eigenvalue weighted by Crippen LogP contribution is 2.25. The Labute approximate surface area is 120 Å². The molecule has 0 amide bonds. The van der Waals surface area contributed by atoms with Crippen molar-refractivity contribution in [2.45, 2.75) is 45.8 Å². The fraction of sp³-hybridized carbons (Fsp3) is 0.643. The predicted molar refractivity (Wildman–Crippen MR) is 85.1 cm³/mol. The van der Waals surface area contributed by atoms with Gasteiger partial charge in [-0.1, -0.05) is 6.92 Å². The number of ether oxygens (including phenoxy) is 1. The van der Waals surface area contributed by atoms with Crippen molar-refractivity contribution >= 4 is 23.3 Å². The van der Waals surface area contributed by atoms with Gasteiger partial charge in [0.15, 0.2) is 0 Å². The maximum absolute atomic E-state index is 5.90. The minimum Gasteiger partial charge on any atom is -0.470 e. The summed E-state index contributed by atoms with van der Waals surface area (Å²) in [6.45, 7) is 8.11. The average Bonchev–Trinajstić information content (AvgIpc) is 2.31. The summed E-state index contributed by atoms with van der Waals surface area (Å²) in [5.41, 5.74) is 6.16. The van der Waals surface area contributed by atoms with E-state index in [0.29, 0.717) is 17.6 Å². The molecule has 0 spiro atoms. The third-order valence-electron chi connectivity index (χ3n) is 2.51. The first-order chi connectivity index (χ1) is 8.85. The highest BCUT2D eigenvalue weighted by Gasteiger charge is 2.16. The number of nitrogen functional groups attached to an aromatic ring is 1. The second kappa shape index (κ2) is 6.89. The molecule has 1 atom stereocenters. The van der Waals surface area contributed by atoms with Gasteiger partial charge in [-0.3, -0.25) is 0 Å². The van der Waals surface area contributed by atoms with Gasteiger partial charge in [0.1, 0.15) is 11.4 Å². The summed E-state index contributed by atoms with van der Waals surface area (Å²) < 4.78 is 5.77. The summed E-state index contributed by atoms with van der Waals surface area (Å²) in [6.07, 6.45) is 3.16. The van der Waals surface area contributed by atoms with Crippen molar-refractivity contribution in [2.24, 2.45) is 0 Å². The summed E-state index contributed by atoms with van der Waals surface area (Å²) in [5, 5.41) is 3.42. The Hall–Kier alpha value is -1.10. The first-order valence-corrected chi connectivity index (χ1v) is 7.96. The Kier molecular flexibility index (Phi) is 5.79. The van der Waals surface area contributed by atoms with E-state index in [9.17, 15) is 0 Å². The summed E-state index contributed by atoms with van der Waals surface area (Å²) in [6, 6.07) is 4.14. The molecule has 0 saturated carbocycles. The summed E-state index contributed by atoms with van der Waals surface area (Å²) >= 11 is 1.82. The maximum Gasteiger partial charge on any atom is 0.239 e. The number of nitrogens with zero attached hydrogens (tertiary/aromatic N) is 1. The smallest absolute Gasteiger partial charge is 0.239 e. The van der Waals surface area contributed by atoms with Gasteiger partial charge in [0, 0.05) is 11.8 Å². The molecule has 0 aromatic carbocycles. The average molecular weight is 283 g/mol. The standard InChI is InChI=1S/C14H25N3OS/c1-6-10(9-19-5)16-12-8-7-11(15)13(17-12)18-14(2,3)4/h7-8,10H,6,9,15H2,1-5H3,(H,16,17). The van der Waals surface area contributed by atoms with E-state index in [-0.39, 0.29) is 5.60 Å². The van der Waals surface area contributed by atoms with E-state index in [4.69, 9.17) is 10.5 Å². The van der Waals surface area contributed by atoms with Crippen LogP contribution in [0.3, 0.4) is 0 Å². The summed E-state index contributed by atoms with van der Waals surface area (Å²) in [4.78, 5) is 4.46. The SMILES string of the molecule is CCC(CSC)Nc1ccc(N)c(OC(C)(C)C)n1. The van der Waals surface area contributed by atoms with Crippen LogP contribution in [0.15, 0.2) is 12.1 Å². The van der Waals surface area contributed by atoms with Crippen LogP contribution in [0.2, 0.25) is 0 Å². The number of anilines is 2. The molecule has 1 unspecified atom stereocenters. The van der Waals surface area contributed by atoms with E-state index in [2.05, 4.69) is 23.5 Å². The van der Waals surface area contributed by atoms with Crippen LogP contribution in [0.25, 0.3) is 0 Å². The van der Waals surface area contributed by atoms with Gasteiger partial charge in [0.25, 0.3) is 0 Å². The number of thioether (sulfide) groups is 1. The Bertz CT molecular complexity index is 404. The van der Waals surface area contributed by atoms with Crippen molar-refractivity contribution in [1.82, 2.24) is 4.98 Å². The molecule has 1 heterocycles. The molecule has 4 nitrogen and oxygen atoms in total. The van der Waals surface area contributed by atoms with Crippen LogP contribution < -0.4 is 15.8 Å². The maximum atomic E-state index is 5.90. The van der Waals surface area contributed by atoms with Crippen molar-refractivity contribution in [2.75, 3.05) is 23.1 Å². The van der Waals surface area contributed by atoms with Crippen LogP contribution in [0.1, 0.15) is 34.1 Å². The van der Waals surface area contributed by atoms with Crippen molar-refractivity contribution in [3.8, 4) is 5.88 Å². The van der Waals surface area contributed by atoms with E-state index in [1.165, 1.54) is 0 Å². The Morgan fingerprint density at radius 1 is 1.42 bits per heavy atom. The van der Waals surface area contributed by atoms with E-state index in [1.54, 1.807) is 0 Å². The molecule has 0 aliphatic carbocycles. The molecule has 0 radical (unpaired) electrons. The molecule has 19 heavy (non-hydrogen) atoms. The Morgan fingerprint density at radius 3 is 2.63 bits per heavy atom. The number of hydrogen-bond acceptors (Lipinski definition) is 5. The number of rotatable bonds is 6. The lowest BCUT2D eigenvalue weighted by molar-refractivity contribution is 0.125. The van der Waals surface area contributed by atoms with E-state index in [0.717, 1.165) is 18.0 Å². The fourth-order valence-corrected chi connectivity index (χ4v) is 2.30. The predicted octanol–water partition coefficient (Wildman–Crippen LogP) is 3.39. The zero-order chi connectivity index (χ0) is 14.5.